The summed E-state index contributed by atoms with van der Waals surface area (Å²) in [5.74, 6) is 0.671. The predicted octanol–water partition coefficient (Wildman–Crippen LogP) is 4.60. The maximum absolute atomic E-state index is 6.08. The predicted molar refractivity (Wildman–Crippen MR) is 68.0 cm³/mol. The molecule has 4 heteroatoms. The van der Waals surface area contributed by atoms with Crippen LogP contribution >= 0.6 is 38.9 Å². The molecule has 0 spiro atoms. The summed E-state index contributed by atoms with van der Waals surface area (Å²) in [6, 6.07) is 2.09. The van der Waals surface area contributed by atoms with E-state index in [0.29, 0.717) is 5.92 Å². The molecule has 0 bridgehead atoms. The monoisotopic (exact) mass is 295 g/mol. The van der Waals surface area contributed by atoms with Crippen molar-refractivity contribution in [3.8, 4) is 0 Å². The largest absolute Gasteiger partial charge is 0.323 e. The van der Waals surface area contributed by atoms with Crippen molar-refractivity contribution in [2.24, 2.45) is 11.7 Å². The zero-order valence-corrected chi connectivity index (χ0v) is 11.5. The Morgan fingerprint density at radius 2 is 2.29 bits per heavy atom. The fourth-order valence-corrected chi connectivity index (χ4v) is 3.02. The van der Waals surface area contributed by atoms with Crippen LogP contribution in [0, 0.1) is 5.92 Å². The molecule has 0 radical (unpaired) electrons. The summed E-state index contributed by atoms with van der Waals surface area (Å²) in [4.78, 5) is 1.17. The summed E-state index contributed by atoms with van der Waals surface area (Å²) >= 11 is 11.0. The van der Waals surface area contributed by atoms with Crippen molar-refractivity contribution in [2.45, 2.75) is 32.7 Å². The second kappa shape index (κ2) is 5.50. The van der Waals surface area contributed by atoms with Crippen molar-refractivity contribution in [1.29, 1.82) is 0 Å². The van der Waals surface area contributed by atoms with Crippen molar-refractivity contribution in [3.05, 3.63) is 19.8 Å². The van der Waals surface area contributed by atoms with Crippen molar-refractivity contribution in [3.63, 3.8) is 0 Å². The molecule has 80 valence electrons. The van der Waals surface area contributed by atoms with Crippen LogP contribution < -0.4 is 5.73 Å². The van der Waals surface area contributed by atoms with E-state index in [4.69, 9.17) is 17.3 Å². The third-order valence-electron chi connectivity index (χ3n) is 2.38. The molecule has 0 aromatic carbocycles. The Morgan fingerprint density at radius 3 is 2.71 bits per heavy atom. The van der Waals surface area contributed by atoms with Gasteiger partial charge in [-0.3, -0.25) is 0 Å². The number of thiophene rings is 1. The van der Waals surface area contributed by atoms with Crippen molar-refractivity contribution >= 4 is 38.9 Å². The van der Waals surface area contributed by atoms with Gasteiger partial charge in [0, 0.05) is 10.9 Å². The van der Waals surface area contributed by atoms with Crippen molar-refractivity contribution in [1.82, 2.24) is 0 Å². The molecule has 14 heavy (non-hydrogen) atoms. The summed E-state index contributed by atoms with van der Waals surface area (Å²) in [5, 5.41) is 0.768. The molecule has 1 rings (SSSR count). The summed E-state index contributed by atoms with van der Waals surface area (Å²) in [6.07, 6.45) is 2.20. The van der Waals surface area contributed by atoms with Gasteiger partial charge in [0.15, 0.2) is 0 Å². The summed E-state index contributed by atoms with van der Waals surface area (Å²) in [6.45, 7) is 4.42. The van der Waals surface area contributed by atoms with Gasteiger partial charge in [0.2, 0.25) is 0 Å². The molecule has 0 saturated carbocycles. The average Bonchev–Trinajstić information content (AvgIpc) is 2.47. The lowest BCUT2D eigenvalue weighted by Gasteiger charge is -2.13. The van der Waals surface area contributed by atoms with Crippen LogP contribution in [0.1, 0.15) is 37.6 Å². The number of halogens is 2. The van der Waals surface area contributed by atoms with E-state index < -0.39 is 0 Å². The molecule has 0 fully saturated rings. The van der Waals surface area contributed by atoms with Crippen LogP contribution in [0.5, 0.6) is 0 Å². The molecule has 2 atom stereocenters. The maximum atomic E-state index is 6.08. The Balaban J connectivity index is 2.64. The van der Waals surface area contributed by atoms with Gasteiger partial charge in [0.05, 0.1) is 8.81 Å². The lowest BCUT2D eigenvalue weighted by Crippen LogP contribution is -2.12. The SMILES string of the molecule is CCC(C)CC(N)c1cc(Cl)c(Br)s1. The molecular weight excluding hydrogens is 282 g/mol. The van der Waals surface area contributed by atoms with Crippen LogP contribution in [0.4, 0.5) is 0 Å². The van der Waals surface area contributed by atoms with E-state index >= 15 is 0 Å². The summed E-state index contributed by atoms with van der Waals surface area (Å²) in [7, 11) is 0. The molecule has 1 aromatic rings. The molecule has 0 aliphatic carbocycles. The zero-order valence-electron chi connectivity index (χ0n) is 8.39. The molecule has 1 nitrogen and oxygen atoms in total. The highest BCUT2D eigenvalue weighted by atomic mass is 79.9. The maximum Gasteiger partial charge on any atom is 0.0887 e. The highest BCUT2D eigenvalue weighted by Gasteiger charge is 2.14. The first-order valence-electron chi connectivity index (χ1n) is 4.74. The van der Waals surface area contributed by atoms with Crippen LogP contribution in [0.15, 0.2) is 9.85 Å². The summed E-state index contributed by atoms with van der Waals surface area (Å²) in [5.41, 5.74) is 6.08. The van der Waals surface area contributed by atoms with E-state index in [1.807, 2.05) is 6.07 Å². The minimum absolute atomic E-state index is 0.124. The van der Waals surface area contributed by atoms with E-state index in [2.05, 4.69) is 29.8 Å². The lowest BCUT2D eigenvalue weighted by atomic mass is 9.99. The quantitative estimate of drug-likeness (QED) is 0.863. The van der Waals surface area contributed by atoms with E-state index in [0.717, 1.165) is 15.2 Å². The molecule has 1 aromatic heterocycles. The number of rotatable bonds is 4. The zero-order chi connectivity index (χ0) is 10.7. The number of hydrogen-bond acceptors (Lipinski definition) is 2. The smallest absolute Gasteiger partial charge is 0.0887 e. The lowest BCUT2D eigenvalue weighted by molar-refractivity contribution is 0.465. The molecule has 0 amide bonds. The molecule has 2 N–H and O–H groups in total. The molecule has 1 heterocycles. The van der Waals surface area contributed by atoms with Crippen molar-refractivity contribution < 1.29 is 0 Å². The first-order chi connectivity index (χ1) is 6.54. The third kappa shape index (κ3) is 3.23. The molecule has 2 unspecified atom stereocenters. The van der Waals surface area contributed by atoms with E-state index in [-0.39, 0.29) is 6.04 Å². The van der Waals surface area contributed by atoms with Crippen LogP contribution in [0.25, 0.3) is 0 Å². The molecule has 0 saturated heterocycles. The third-order valence-corrected chi connectivity index (χ3v) is 4.99. The summed E-state index contributed by atoms with van der Waals surface area (Å²) < 4.78 is 0.980. The fraction of sp³-hybridized carbons (Fsp3) is 0.600. The van der Waals surface area contributed by atoms with Crippen molar-refractivity contribution in [2.75, 3.05) is 0 Å². The highest BCUT2D eigenvalue weighted by Crippen LogP contribution is 2.36. The minimum atomic E-state index is 0.124. The number of hydrogen-bond donors (Lipinski definition) is 1. The van der Waals surface area contributed by atoms with Crippen LogP contribution in [-0.2, 0) is 0 Å². The van der Waals surface area contributed by atoms with Gasteiger partial charge in [-0.1, -0.05) is 31.9 Å². The van der Waals surface area contributed by atoms with E-state index in [9.17, 15) is 0 Å². The normalized spacial score (nSPS) is 15.5. The second-order valence-electron chi connectivity index (χ2n) is 3.63. The van der Waals surface area contributed by atoms with Gasteiger partial charge < -0.3 is 5.73 Å². The topological polar surface area (TPSA) is 26.0 Å². The minimum Gasteiger partial charge on any atom is -0.323 e. The highest BCUT2D eigenvalue weighted by molar-refractivity contribution is 9.11. The Kier molecular flexibility index (Phi) is 4.91. The Labute approximate surface area is 103 Å². The van der Waals surface area contributed by atoms with Crippen LogP contribution in [0.2, 0.25) is 5.02 Å². The second-order valence-corrected chi connectivity index (χ2v) is 6.43. The Morgan fingerprint density at radius 1 is 1.64 bits per heavy atom. The standard InChI is InChI=1S/C10H15BrClNS/c1-3-6(2)4-8(13)9-5-7(12)10(11)14-9/h5-6,8H,3-4,13H2,1-2H3. The average molecular weight is 297 g/mol. The van der Waals surface area contributed by atoms with E-state index in [1.165, 1.54) is 11.3 Å². The first kappa shape index (κ1) is 12.5. The van der Waals surface area contributed by atoms with Gasteiger partial charge in [0.1, 0.15) is 0 Å². The van der Waals surface area contributed by atoms with Gasteiger partial charge >= 0.3 is 0 Å². The van der Waals surface area contributed by atoms with E-state index in [1.54, 1.807) is 11.3 Å². The number of nitrogens with two attached hydrogens (primary N) is 1. The first-order valence-corrected chi connectivity index (χ1v) is 6.73. The Hall–Kier alpha value is 0.430. The molecular formula is C10H15BrClNS. The van der Waals surface area contributed by atoms with Gasteiger partial charge in [-0.05, 0) is 34.3 Å². The van der Waals surface area contributed by atoms with Gasteiger partial charge in [0.25, 0.3) is 0 Å². The van der Waals surface area contributed by atoms with Gasteiger partial charge in [-0.2, -0.15) is 0 Å². The molecule has 0 aliphatic heterocycles. The van der Waals surface area contributed by atoms with Crippen LogP contribution in [0.3, 0.4) is 0 Å². The molecule has 0 aliphatic rings. The fourth-order valence-electron chi connectivity index (χ4n) is 1.26. The van der Waals surface area contributed by atoms with Gasteiger partial charge in [-0.25, -0.2) is 0 Å². The van der Waals surface area contributed by atoms with Crippen LogP contribution in [-0.4, -0.2) is 0 Å². The van der Waals surface area contributed by atoms with Gasteiger partial charge in [-0.15, -0.1) is 11.3 Å². The Bertz CT molecular complexity index is 281.